The Morgan fingerprint density at radius 3 is 1.76 bits per heavy atom. The Kier molecular flexibility index (Phi) is 13.2. The first-order valence-corrected chi connectivity index (χ1v) is 15.3. The number of carbonyl (C=O) groups is 2. The standard InChI is InChI=1S/2C17H22N2O2/c1-2-14(17(20)21)11-13-7-9-19(10-8-13)16-6-4-3-5-15(16)12-18;1-2-21-17(20)8-7-14-9-11-19(12-10-14)16-6-4-3-5-15(16)13-18/h3-6,13-14H,2,7-11H2,1H3,(H,20,21);3-6,14H,2,7-12H2,1H3. The molecule has 0 bridgehead atoms. The maximum Gasteiger partial charge on any atom is 0.306 e. The highest BCUT2D eigenvalue weighted by molar-refractivity contribution is 5.70. The summed E-state index contributed by atoms with van der Waals surface area (Å²) in [5, 5.41) is 27.5. The van der Waals surface area contributed by atoms with Gasteiger partial charge in [-0.1, -0.05) is 31.2 Å². The number of anilines is 2. The van der Waals surface area contributed by atoms with Crippen molar-refractivity contribution in [3.05, 3.63) is 59.7 Å². The van der Waals surface area contributed by atoms with Gasteiger partial charge in [-0.2, -0.15) is 10.5 Å². The molecule has 0 aliphatic carbocycles. The van der Waals surface area contributed by atoms with E-state index in [1.54, 1.807) is 0 Å². The number of carboxylic acid groups (broad SMARTS) is 1. The summed E-state index contributed by atoms with van der Waals surface area (Å²) >= 11 is 0. The average Bonchev–Trinajstić information content (AvgIpc) is 3.03. The van der Waals surface area contributed by atoms with E-state index in [2.05, 4.69) is 21.9 Å². The summed E-state index contributed by atoms with van der Waals surface area (Å²) in [6.07, 6.45) is 7.05. The highest BCUT2D eigenvalue weighted by atomic mass is 16.5. The Hall–Kier alpha value is -4.04. The Morgan fingerprint density at radius 1 is 0.857 bits per heavy atom. The molecule has 42 heavy (non-hydrogen) atoms. The molecule has 2 aliphatic heterocycles. The molecule has 0 radical (unpaired) electrons. The van der Waals surface area contributed by atoms with E-state index < -0.39 is 5.97 Å². The van der Waals surface area contributed by atoms with Crippen LogP contribution < -0.4 is 9.80 Å². The molecular weight excluding hydrogens is 528 g/mol. The third-order valence-corrected chi connectivity index (χ3v) is 8.48. The normalized spacial score (nSPS) is 16.4. The quantitative estimate of drug-likeness (QED) is 0.325. The Morgan fingerprint density at radius 2 is 1.33 bits per heavy atom. The Bertz CT molecular complexity index is 1230. The zero-order valence-electron chi connectivity index (χ0n) is 25.0. The molecule has 2 aromatic carbocycles. The first kappa shape index (κ1) is 32.5. The van der Waals surface area contributed by atoms with Crippen molar-refractivity contribution in [1.82, 2.24) is 0 Å². The van der Waals surface area contributed by atoms with Gasteiger partial charge in [0, 0.05) is 32.6 Å². The molecule has 8 nitrogen and oxygen atoms in total. The van der Waals surface area contributed by atoms with Crippen molar-refractivity contribution in [3.8, 4) is 12.1 Å². The number of benzene rings is 2. The number of esters is 1. The predicted octanol–water partition coefficient (Wildman–Crippen LogP) is 6.39. The van der Waals surface area contributed by atoms with Gasteiger partial charge in [0.1, 0.15) is 12.1 Å². The number of ether oxygens (including phenoxy) is 1. The summed E-state index contributed by atoms with van der Waals surface area (Å²) in [4.78, 5) is 27.0. The van der Waals surface area contributed by atoms with Gasteiger partial charge < -0.3 is 19.6 Å². The van der Waals surface area contributed by atoms with Crippen molar-refractivity contribution in [2.45, 2.75) is 65.2 Å². The van der Waals surface area contributed by atoms with Crippen LogP contribution in [0.15, 0.2) is 48.5 Å². The number of piperidine rings is 2. The van der Waals surface area contributed by atoms with Gasteiger partial charge in [-0.15, -0.1) is 0 Å². The molecule has 4 rings (SSSR count). The lowest BCUT2D eigenvalue weighted by molar-refractivity contribution is -0.144. The zero-order valence-corrected chi connectivity index (χ0v) is 25.0. The van der Waals surface area contributed by atoms with E-state index in [-0.39, 0.29) is 11.9 Å². The summed E-state index contributed by atoms with van der Waals surface area (Å²) in [5.74, 6) is 0.0916. The van der Waals surface area contributed by atoms with Gasteiger partial charge in [-0.3, -0.25) is 9.59 Å². The second-order valence-electron chi connectivity index (χ2n) is 11.1. The van der Waals surface area contributed by atoms with Gasteiger partial charge in [0.15, 0.2) is 0 Å². The van der Waals surface area contributed by atoms with Crippen LogP contribution in [0, 0.1) is 40.4 Å². The molecule has 0 aromatic heterocycles. The monoisotopic (exact) mass is 572 g/mol. The maximum atomic E-state index is 11.4. The summed E-state index contributed by atoms with van der Waals surface area (Å²) in [7, 11) is 0. The fourth-order valence-electron chi connectivity index (χ4n) is 5.96. The number of carboxylic acids is 1. The van der Waals surface area contributed by atoms with Crippen LogP contribution in [-0.2, 0) is 14.3 Å². The van der Waals surface area contributed by atoms with Crippen LogP contribution in [0.25, 0.3) is 0 Å². The first-order valence-electron chi connectivity index (χ1n) is 15.3. The van der Waals surface area contributed by atoms with Crippen LogP contribution in [0.2, 0.25) is 0 Å². The van der Waals surface area contributed by atoms with Crippen LogP contribution in [0.5, 0.6) is 0 Å². The predicted molar refractivity (Wildman–Crippen MR) is 164 cm³/mol. The minimum Gasteiger partial charge on any atom is -0.481 e. The Labute approximate surface area is 250 Å². The van der Waals surface area contributed by atoms with E-state index in [1.165, 1.54) is 0 Å². The lowest BCUT2D eigenvalue weighted by Crippen LogP contribution is -2.35. The van der Waals surface area contributed by atoms with E-state index in [0.717, 1.165) is 81.6 Å². The Balaban J connectivity index is 0.000000230. The second kappa shape index (κ2) is 17.0. The van der Waals surface area contributed by atoms with Crippen molar-refractivity contribution in [1.29, 1.82) is 10.5 Å². The lowest BCUT2D eigenvalue weighted by atomic mass is 9.86. The summed E-state index contributed by atoms with van der Waals surface area (Å²) in [5.41, 5.74) is 3.49. The zero-order chi connectivity index (χ0) is 30.3. The number of nitriles is 2. The molecule has 8 heteroatoms. The molecule has 2 aliphatic rings. The highest BCUT2D eigenvalue weighted by Gasteiger charge is 2.26. The lowest BCUT2D eigenvalue weighted by Gasteiger charge is -2.34. The first-order chi connectivity index (χ1) is 20.4. The molecule has 2 saturated heterocycles. The molecule has 224 valence electrons. The number of hydrogen-bond donors (Lipinski definition) is 1. The molecular formula is C34H44N4O4. The van der Waals surface area contributed by atoms with Gasteiger partial charge >= 0.3 is 11.9 Å². The summed E-state index contributed by atoms with van der Waals surface area (Å²) < 4.78 is 4.97. The van der Waals surface area contributed by atoms with Crippen LogP contribution in [-0.4, -0.2) is 49.8 Å². The van der Waals surface area contributed by atoms with Crippen molar-refractivity contribution in [3.63, 3.8) is 0 Å². The van der Waals surface area contributed by atoms with Gasteiger partial charge in [0.2, 0.25) is 0 Å². The van der Waals surface area contributed by atoms with Crippen LogP contribution in [0.3, 0.4) is 0 Å². The molecule has 0 spiro atoms. The van der Waals surface area contributed by atoms with E-state index in [1.807, 2.05) is 62.4 Å². The van der Waals surface area contributed by atoms with Crippen molar-refractivity contribution >= 4 is 23.3 Å². The SMILES string of the molecule is CCC(CC1CCN(c2ccccc2C#N)CC1)C(=O)O.CCOC(=O)CCC1CCN(c2ccccc2C#N)CC1. The van der Waals surface area contributed by atoms with Gasteiger partial charge in [0.05, 0.1) is 35.0 Å². The van der Waals surface area contributed by atoms with Gasteiger partial charge in [-0.05, 0) is 88.0 Å². The average molecular weight is 573 g/mol. The van der Waals surface area contributed by atoms with Gasteiger partial charge in [0.25, 0.3) is 0 Å². The topological polar surface area (TPSA) is 118 Å². The number of hydrogen-bond acceptors (Lipinski definition) is 7. The summed E-state index contributed by atoms with van der Waals surface area (Å²) in [6.45, 7) is 7.94. The largest absolute Gasteiger partial charge is 0.481 e. The fraction of sp³-hybridized carbons (Fsp3) is 0.529. The molecule has 0 amide bonds. The van der Waals surface area contributed by atoms with E-state index in [4.69, 9.17) is 15.1 Å². The second-order valence-corrected chi connectivity index (χ2v) is 11.1. The number of nitrogens with zero attached hydrogens (tertiary/aromatic N) is 4. The fourth-order valence-corrected chi connectivity index (χ4v) is 5.96. The third kappa shape index (κ3) is 9.52. The van der Waals surface area contributed by atoms with Crippen LogP contribution in [0.4, 0.5) is 11.4 Å². The van der Waals surface area contributed by atoms with Crippen molar-refractivity contribution < 1.29 is 19.4 Å². The highest BCUT2D eigenvalue weighted by Crippen LogP contribution is 2.30. The maximum absolute atomic E-state index is 11.4. The molecule has 2 aromatic rings. The van der Waals surface area contributed by atoms with E-state index >= 15 is 0 Å². The van der Waals surface area contributed by atoms with E-state index in [0.29, 0.717) is 36.8 Å². The number of carbonyl (C=O) groups excluding carboxylic acids is 1. The smallest absolute Gasteiger partial charge is 0.306 e. The minimum atomic E-state index is -0.672. The number of para-hydroxylation sites is 2. The van der Waals surface area contributed by atoms with E-state index in [9.17, 15) is 14.9 Å². The molecule has 1 unspecified atom stereocenters. The van der Waals surface area contributed by atoms with Crippen molar-refractivity contribution in [2.24, 2.45) is 17.8 Å². The molecule has 2 fully saturated rings. The number of aliphatic carboxylic acids is 1. The number of rotatable bonds is 10. The third-order valence-electron chi connectivity index (χ3n) is 8.48. The van der Waals surface area contributed by atoms with Gasteiger partial charge in [-0.25, -0.2) is 0 Å². The van der Waals surface area contributed by atoms with Crippen LogP contribution >= 0.6 is 0 Å². The van der Waals surface area contributed by atoms with Crippen molar-refractivity contribution in [2.75, 3.05) is 42.6 Å². The minimum absolute atomic E-state index is 0.0882. The molecule has 1 N–H and O–H groups in total. The molecule has 0 saturated carbocycles. The van der Waals surface area contributed by atoms with Crippen LogP contribution in [0.1, 0.15) is 76.3 Å². The molecule has 1 atom stereocenters. The summed E-state index contributed by atoms with van der Waals surface area (Å²) in [6, 6.07) is 19.9. The molecule has 2 heterocycles.